The van der Waals surface area contributed by atoms with Gasteiger partial charge in [0.25, 0.3) is 0 Å². The van der Waals surface area contributed by atoms with Gasteiger partial charge >= 0.3 is 0 Å². The Bertz CT molecular complexity index is 344. The van der Waals surface area contributed by atoms with Gasteiger partial charge in [-0.2, -0.15) is 0 Å². The minimum Gasteiger partial charge on any atom is -0.475 e. The molecule has 15 heavy (non-hydrogen) atoms. The average Bonchev–Trinajstić information content (AvgIpc) is 2.82. The SMILES string of the molecule is c1ccc2c(c1)CCC(N1CCCC1)O2. The highest BCUT2D eigenvalue weighted by Gasteiger charge is 2.26. The number of fused-ring (bicyclic) bond motifs is 1. The molecule has 1 aromatic carbocycles. The molecule has 1 atom stereocenters. The first-order chi connectivity index (χ1) is 7.43. The summed E-state index contributed by atoms with van der Waals surface area (Å²) in [5.41, 5.74) is 1.37. The van der Waals surface area contributed by atoms with E-state index >= 15 is 0 Å². The van der Waals surface area contributed by atoms with E-state index in [1.807, 2.05) is 0 Å². The first kappa shape index (κ1) is 9.22. The number of aryl methyl sites for hydroxylation is 1. The monoisotopic (exact) mass is 203 g/mol. The van der Waals surface area contributed by atoms with Crippen LogP contribution in [0, 0.1) is 0 Å². The molecule has 0 bridgehead atoms. The number of nitrogens with zero attached hydrogens (tertiary/aromatic N) is 1. The maximum atomic E-state index is 6.04. The van der Waals surface area contributed by atoms with Gasteiger partial charge in [-0.3, -0.25) is 4.90 Å². The minimum atomic E-state index is 0.336. The summed E-state index contributed by atoms with van der Waals surface area (Å²) in [6.45, 7) is 2.43. The molecule has 2 heterocycles. The summed E-state index contributed by atoms with van der Waals surface area (Å²) in [5, 5.41) is 0. The molecule has 0 aromatic heterocycles. The lowest BCUT2D eigenvalue weighted by Gasteiger charge is -2.32. The first-order valence-electron chi connectivity index (χ1n) is 5.92. The summed E-state index contributed by atoms with van der Waals surface area (Å²) in [6, 6.07) is 8.43. The van der Waals surface area contributed by atoms with Crippen molar-refractivity contribution in [2.45, 2.75) is 31.9 Å². The van der Waals surface area contributed by atoms with Gasteiger partial charge in [-0.25, -0.2) is 0 Å². The normalized spacial score (nSPS) is 26.0. The van der Waals surface area contributed by atoms with Crippen LogP contribution in [0.1, 0.15) is 24.8 Å². The molecule has 2 aliphatic rings. The Balaban J connectivity index is 1.76. The van der Waals surface area contributed by atoms with Crippen molar-refractivity contribution < 1.29 is 4.74 Å². The molecule has 0 amide bonds. The van der Waals surface area contributed by atoms with Gasteiger partial charge in [0.05, 0.1) is 0 Å². The predicted octanol–water partition coefficient (Wildman–Crippen LogP) is 2.43. The molecule has 2 nitrogen and oxygen atoms in total. The van der Waals surface area contributed by atoms with Crippen LogP contribution in [-0.2, 0) is 6.42 Å². The van der Waals surface area contributed by atoms with Crippen LogP contribution in [0.5, 0.6) is 5.75 Å². The maximum Gasteiger partial charge on any atom is 0.153 e. The molecule has 1 fully saturated rings. The molecule has 1 saturated heterocycles. The number of benzene rings is 1. The van der Waals surface area contributed by atoms with Crippen molar-refractivity contribution in [3.8, 4) is 5.75 Å². The number of hydrogen-bond donors (Lipinski definition) is 0. The quantitative estimate of drug-likeness (QED) is 0.695. The van der Waals surface area contributed by atoms with Crippen molar-refractivity contribution in [1.82, 2.24) is 4.90 Å². The molecule has 0 spiro atoms. The zero-order valence-electron chi connectivity index (χ0n) is 8.98. The van der Waals surface area contributed by atoms with Gasteiger partial charge < -0.3 is 4.74 Å². The zero-order chi connectivity index (χ0) is 10.1. The van der Waals surface area contributed by atoms with Crippen LogP contribution in [0.3, 0.4) is 0 Å². The lowest BCUT2D eigenvalue weighted by Crippen LogP contribution is -2.39. The molecule has 1 aromatic rings. The van der Waals surface area contributed by atoms with Crippen LogP contribution in [0.15, 0.2) is 24.3 Å². The topological polar surface area (TPSA) is 12.5 Å². The maximum absolute atomic E-state index is 6.04. The number of rotatable bonds is 1. The fraction of sp³-hybridized carbons (Fsp3) is 0.538. The van der Waals surface area contributed by atoms with Gasteiger partial charge in [0, 0.05) is 19.5 Å². The number of likely N-dealkylation sites (tertiary alicyclic amines) is 1. The highest BCUT2D eigenvalue weighted by Crippen LogP contribution is 2.29. The van der Waals surface area contributed by atoms with E-state index in [4.69, 9.17) is 4.74 Å². The van der Waals surface area contributed by atoms with Crippen molar-refractivity contribution in [2.75, 3.05) is 13.1 Å². The molecule has 3 rings (SSSR count). The second-order valence-electron chi connectivity index (χ2n) is 4.46. The van der Waals surface area contributed by atoms with Gasteiger partial charge in [0.1, 0.15) is 5.75 Å². The molecule has 0 radical (unpaired) electrons. The average molecular weight is 203 g/mol. The Kier molecular flexibility index (Phi) is 2.37. The minimum absolute atomic E-state index is 0.336. The summed E-state index contributed by atoms with van der Waals surface area (Å²) in [4.78, 5) is 2.48. The van der Waals surface area contributed by atoms with Crippen molar-refractivity contribution >= 4 is 0 Å². The predicted molar refractivity (Wildman–Crippen MR) is 60.0 cm³/mol. The van der Waals surface area contributed by atoms with Crippen LogP contribution in [0.2, 0.25) is 0 Å². The van der Waals surface area contributed by atoms with E-state index in [0.29, 0.717) is 6.23 Å². The molecule has 0 saturated carbocycles. The Labute approximate surface area is 90.8 Å². The Morgan fingerprint density at radius 3 is 2.80 bits per heavy atom. The Morgan fingerprint density at radius 2 is 1.93 bits per heavy atom. The summed E-state index contributed by atoms with van der Waals surface area (Å²) in [5.74, 6) is 1.10. The summed E-state index contributed by atoms with van der Waals surface area (Å²) >= 11 is 0. The Morgan fingerprint density at radius 1 is 1.13 bits per heavy atom. The van der Waals surface area contributed by atoms with Crippen molar-refractivity contribution in [3.63, 3.8) is 0 Å². The van der Waals surface area contributed by atoms with Crippen LogP contribution >= 0.6 is 0 Å². The van der Waals surface area contributed by atoms with E-state index in [1.54, 1.807) is 0 Å². The van der Waals surface area contributed by atoms with E-state index in [0.717, 1.165) is 18.6 Å². The van der Waals surface area contributed by atoms with Crippen molar-refractivity contribution in [1.29, 1.82) is 0 Å². The van der Waals surface area contributed by atoms with Gasteiger partial charge in [0.15, 0.2) is 6.23 Å². The molecule has 2 aliphatic heterocycles. The van der Waals surface area contributed by atoms with Crippen molar-refractivity contribution in [3.05, 3.63) is 29.8 Å². The largest absolute Gasteiger partial charge is 0.475 e. The Hall–Kier alpha value is -1.02. The van der Waals surface area contributed by atoms with E-state index in [-0.39, 0.29) is 0 Å². The highest BCUT2D eigenvalue weighted by atomic mass is 16.5. The van der Waals surface area contributed by atoms with Crippen LogP contribution < -0.4 is 4.74 Å². The number of ether oxygens (including phenoxy) is 1. The van der Waals surface area contributed by atoms with E-state index < -0.39 is 0 Å². The smallest absolute Gasteiger partial charge is 0.153 e. The molecular weight excluding hydrogens is 186 g/mol. The van der Waals surface area contributed by atoms with Gasteiger partial charge in [0.2, 0.25) is 0 Å². The lowest BCUT2D eigenvalue weighted by atomic mass is 10.0. The molecule has 1 unspecified atom stereocenters. The third-order valence-corrected chi connectivity index (χ3v) is 3.44. The van der Waals surface area contributed by atoms with Crippen LogP contribution in [0.25, 0.3) is 0 Å². The van der Waals surface area contributed by atoms with E-state index in [1.165, 1.54) is 31.5 Å². The summed E-state index contributed by atoms with van der Waals surface area (Å²) in [7, 11) is 0. The second-order valence-corrected chi connectivity index (χ2v) is 4.46. The highest BCUT2D eigenvalue weighted by molar-refractivity contribution is 5.34. The summed E-state index contributed by atoms with van der Waals surface area (Å²) in [6.07, 6.45) is 5.32. The van der Waals surface area contributed by atoms with Crippen LogP contribution in [0.4, 0.5) is 0 Å². The molecular formula is C13H17NO. The number of para-hydroxylation sites is 1. The molecule has 0 aliphatic carbocycles. The van der Waals surface area contributed by atoms with Gasteiger partial charge in [-0.15, -0.1) is 0 Å². The zero-order valence-corrected chi connectivity index (χ0v) is 8.98. The fourth-order valence-electron chi connectivity index (χ4n) is 2.60. The summed E-state index contributed by atoms with van der Waals surface area (Å²) < 4.78 is 6.04. The van der Waals surface area contributed by atoms with Gasteiger partial charge in [-0.05, 0) is 30.9 Å². The second kappa shape index (κ2) is 3.86. The van der Waals surface area contributed by atoms with Crippen LogP contribution in [-0.4, -0.2) is 24.2 Å². The first-order valence-corrected chi connectivity index (χ1v) is 5.92. The van der Waals surface area contributed by atoms with E-state index in [9.17, 15) is 0 Å². The molecule has 2 heteroatoms. The number of hydrogen-bond acceptors (Lipinski definition) is 2. The van der Waals surface area contributed by atoms with Gasteiger partial charge in [-0.1, -0.05) is 18.2 Å². The fourth-order valence-corrected chi connectivity index (χ4v) is 2.60. The molecule has 80 valence electrons. The standard InChI is InChI=1S/C13H17NO/c1-2-6-12-11(5-1)7-8-13(15-12)14-9-3-4-10-14/h1-2,5-6,13H,3-4,7-10H2. The van der Waals surface area contributed by atoms with E-state index in [2.05, 4.69) is 29.2 Å². The van der Waals surface area contributed by atoms with Crippen molar-refractivity contribution in [2.24, 2.45) is 0 Å². The third-order valence-electron chi connectivity index (χ3n) is 3.44. The molecule has 0 N–H and O–H groups in total. The third kappa shape index (κ3) is 1.74. The lowest BCUT2D eigenvalue weighted by molar-refractivity contribution is 0.0263.